The van der Waals surface area contributed by atoms with E-state index in [1.54, 1.807) is 31.4 Å². The summed E-state index contributed by atoms with van der Waals surface area (Å²) < 4.78 is 28.3. The Labute approximate surface area is 118 Å². The average molecular weight is 292 g/mol. The van der Waals surface area contributed by atoms with Crippen LogP contribution in [0.25, 0.3) is 0 Å². The number of ether oxygens (including phenoxy) is 1. The maximum atomic E-state index is 12.6. The number of hydrogen-bond donors (Lipinski definition) is 0. The van der Waals surface area contributed by atoms with E-state index in [2.05, 4.69) is 0 Å². The Morgan fingerprint density at radius 1 is 0.900 bits per heavy atom. The Morgan fingerprint density at radius 3 is 2.05 bits per heavy atom. The van der Waals surface area contributed by atoms with Gasteiger partial charge in [-0.05, 0) is 29.8 Å². The van der Waals surface area contributed by atoms with Crippen molar-refractivity contribution in [1.29, 1.82) is 0 Å². The van der Waals surface area contributed by atoms with Gasteiger partial charge in [0.15, 0.2) is 0 Å². The minimum absolute atomic E-state index is 0.233. The summed E-state index contributed by atoms with van der Waals surface area (Å²) in [4.78, 5) is 0. The van der Waals surface area contributed by atoms with Gasteiger partial charge in [-0.15, -0.1) is 0 Å². The number of methoxy groups -OCH3 is 1. The molecular formula is C15H17O4P. The molecule has 0 saturated heterocycles. The Bertz CT molecular complexity index is 581. The minimum Gasteiger partial charge on any atom is -0.497 e. The standard InChI is InChI=1S/C15H17O4P/c1-17-14-8-10-15(11-9-14)19-20(16,18-2)12-13-6-4-3-5-7-13/h3-11H,12H2,1-2H3. The first-order valence-corrected chi connectivity index (χ1v) is 7.90. The highest BCUT2D eigenvalue weighted by molar-refractivity contribution is 7.53. The van der Waals surface area contributed by atoms with Gasteiger partial charge in [-0.2, -0.15) is 0 Å². The van der Waals surface area contributed by atoms with Crippen LogP contribution in [0.5, 0.6) is 11.5 Å². The summed E-state index contributed by atoms with van der Waals surface area (Å²) in [6, 6.07) is 16.4. The van der Waals surface area contributed by atoms with Crippen LogP contribution in [-0.2, 0) is 15.3 Å². The Morgan fingerprint density at radius 2 is 1.50 bits per heavy atom. The Balaban J connectivity index is 2.12. The van der Waals surface area contributed by atoms with Crippen LogP contribution < -0.4 is 9.26 Å². The lowest BCUT2D eigenvalue weighted by atomic mass is 10.2. The van der Waals surface area contributed by atoms with Gasteiger partial charge in [0.05, 0.1) is 13.3 Å². The fourth-order valence-corrected chi connectivity index (χ4v) is 3.11. The van der Waals surface area contributed by atoms with Crippen LogP contribution in [0.1, 0.15) is 5.56 Å². The van der Waals surface area contributed by atoms with Crippen LogP contribution in [0.15, 0.2) is 54.6 Å². The molecule has 0 saturated carbocycles. The molecule has 5 heteroatoms. The van der Waals surface area contributed by atoms with Gasteiger partial charge >= 0.3 is 7.60 Å². The first-order valence-electron chi connectivity index (χ1n) is 6.17. The normalized spacial score (nSPS) is 13.5. The summed E-state index contributed by atoms with van der Waals surface area (Å²) in [5, 5.41) is 0. The smallest absolute Gasteiger partial charge is 0.383 e. The van der Waals surface area contributed by atoms with Crippen molar-refractivity contribution in [2.45, 2.75) is 6.16 Å². The molecule has 0 aromatic heterocycles. The van der Waals surface area contributed by atoms with Crippen molar-refractivity contribution >= 4 is 7.60 Å². The molecule has 0 aliphatic rings. The van der Waals surface area contributed by atoms with Gasteiger partial charge in [0.2, 0.25) is 0 Å². The maximum Gasteiger partial charge on any atom is 0.383 e. The fourth-order valence-electron chi connectivity index (χ4n) is 1.74. The summed E-state index contributed by atoms with van der Waals surface area (Å²) in [5.74, 6) is 1.21. The third-order valence-corrected chi connectivity index (χ3v) is 4.60. The predicted octanol–water partition coefficient (Wildman–Crippen LogP) is 4.11. The molecule has 106 valence electrons. The zero-order valence-corrected chi connectivity index (χ0v) is 12.4. The third kappa shape index (κ3) is 3.86. The van der Waals surface area contributed by atoms with Gasteiger partial charge < -0.3 is 13.8 Å². The molecule has 0 N–H and O–H groups in total. The van der Waals surface area contributed by atoms with E-state index in [9.17, 15) is 4.57 Å². The van der Waals surface area contributed by atoms with Gasteiger partial charge in [-0.25, -0.2) is 4.57 Å². The largest absolute Gasteiger partial charge is 0.497 e. The van der Waals surface area contributed by atoms with E-state index < -0.39 is 7.60 Å². The van der Waals surface area contributed by atoms with Gasteiger partial charge in [-0.1, -0.05) is 30.3 Å². The molecule has 2 aromatic rings. The van der Waals surface area contributed by atoms with E-state index in [1.165, 1.54) is 7.11 Å². The van der Waals surface area contributed by atoms with Gasteiger partial charge in [0.1, 0.15) is 11.5 Å². The molecule has 0 aliphatic carbocycles. The molecule has 0 amide bonds. The van der Waals surface area contributed by atoms with Gasteiger partial charge in [-0.3, -0.25) is 0 Å². The van der Waals surface area contributed by atoms with Crippen LogP contribution in [0.3, 0.4) is 0 Å². The van der Waals surface area contributed by atoms with Crippen molar-refractivity contribution in [2.24, 2.45) is 0 Å². The summed E-state index contributed by atoms with van der Waals surface area (Å²) in [6.45, 7) is 0. The first-order chi connectivity index (χ1) is 9.65. The monoisotopic (exact) mass is 292 g/mol. The molecule has 20 heavy (non-hydrogen) atoms. The summed E-state index contributed by atoms with van der Waals surface area (Å²) in [5.41, 5.74) is 0.909. The number of rotatable bonds is 6. The first kappa shape index (κ1) is 14.6. The van der Waals surface area contributed by atoms with E-state index in [0.29, 0.717) is 11.5 Å². The quantitative estimate of drug-likeness (QED) is 0.751. The lowest BCUT2D eigenvalue weighted by molar-refractivity contribution is 0.320. The van der Waals surface area contributed by atoms with Crippen molar-refractivity contribution < 1.29 is 18.3 Å². The molecule has 0 heterocycles. The van der Waals surface area contributed by atoms with E-state index in [-0.39, 0.29) is 6.16 Å². The van der Waals surface area contributed by atoms with E-state index in [1.807, 2.05) is 30.3 Å². The van der Waals surface area contributed by atoms with Crippen LogP contribution in [0, 0.1) is 0 Å². The van der Waals surface area contributed by atoms with Crippen LogP contribution in [-0.4, -0.2) is 14.2 Å². The third-order valence-electron chi connectivity index (χ3n) is 2.80. The zero-order valence-electron chi connectivity index (χ0n) is 11.5. The summed E-state index contributed by atoms with van der Waals surface area (Å²) in [6.07, 6.45) is 0.233. The maximum absolute atomic E-state index is 12.6. The predicted molar refractivity (Wildman–Crippen MR) is 78.4 cm³/mol. The highest BCUT2D eigenvalue weighted by atomic mass is 31.2. The molecule has 0 spiro atoms. The van der Waals surface area contributed by atoms with Crippen molar-refractivity contribution in [2.75, 3.05) is 14.2 Å². The molecule has 2 aromatic carbocycles. The lowest BCUT2D eigenvalue weighted by Gasteiger charge is -2.17. The van der Waals surface area contributed by atoms with Crippen LogP contribution in [0.4, 0.5) is 0 Å². The summed E-state index contributed by atoms with van der Waals surface area (Å²) >= 11 is 0. The van der Waals surface area contributed by atoms with Crippen molar-refractivity contribution in [3.05, 3.63) is 60.2 Å². The van der Waals surface area contributed by atoms with Crippen molar-refractivity contribution in [1.82, 2.24) is 0 Å². The lowest BCUT2D eigenvalue weighted by Crippen LogP contribution is -1.99. The van der Waals surface area contributed by atoms with Crippen LogP contribution >= 0.6 is 7.60 Å². The minimum atomic E-state index is -3.21. The summed E-state index contributed by atoms with van der Waals surface area (Å²) in [7, 11) is -0.224. The molecule has 0 radical (unpaired) electrons. The molecule has 1 unspecified atom stereocenters. The fraction of sp³-hybridized carbons (Fsp3) is 0.200. The molecular weight excluding hydrogens is 275 g/mol. The highest BCUT2D eigenvalue weighted by Gasteiger charge is 2.25. The Kier molecular flexibility index (Phi) is 4.83. The molecule has 0 aliphatic heterocycles. The number of benzene rings is 2. The number of hydrogen-bond acceptors (Lipinski definition) is 4. The van der Waals surface area contributed by atoms with E-state index in [4.69, 9.17) is 13.8 Å². The molecule has 0 bridgehead atoms. The second-order valence-electron chi connectivity index (χ2n) is 4.20. The van der Waals surface area contributed by atoms with E-state index >= 15 is 0 Å². The molecule has 4 nitrogen and oxygen atoms in total. The molecule has 1 atom stereocenters. The molecule has 0 fully saturated rings. The average Bonchev–Trinajstić information content (AvgIpc) is 2.49. The second kappa shape index (κ2) is 6.60. The van der Waals surface area contributed by atoms with E-state index in [0.717, 1.165) is 5.56 Å². The highest BCUT2D eigenvalue weighted by Crippen LogP contribution is 2.50. The van der Waals surface area contributed by atoms with Crippen molar-refractivity contribution in [3.8, 4) is 11.5 Å². The van der Waals surface area contributed by atoms with Crippen molar-refractivity contribution in [3.63, 3.8) is 0 Å². The molecule has 2 rings (SSSR count). The SMILES string of the molecule is COc1ccc(OP(=O)(Cc2ccccc2)OC)cc1. The zero-order chi connectivity index (χ0) is 14.4. The van der Waals surface area contributed by atoms with Gasteiger partial charge in [0.25, 0.3) is 0 Å². The Hall–Kier alpha value is -1.77. The topological polar surface area (TPSA) is 44.8 Å². The van der Waals surface area contributed by atoms with Gasteiger partial charge in [0, 0.05) is 7.11 Å². The van der Waals surface area contributed by atoms with Crippen LogP contribution in [0.2, 0.25) is 0 Å². The second-order valence-corrected chi connectivity index (χ2v) is 6.29.